The van der Waals surface area contributed by atoms with E-state index in [9.17, 15) is 0 Å². The number of allylic oxidation sites excluding steroid dienone is 8. The van der Waals surface area contributed by atoms with Gasteiger partial charge in [-0.2, -0.15) is 5.01 Å². The molecule has 2 aliphatic heterocycles. The van der Waals surface area contributed by atoms with E-state index in [-0.39, 0.29) is 23.7 Å². The topological polar surface area (TPSA) is 23.3 Å². The highest BCUT2D eigenvalue weighted by Gasteiger charge is 2.58. The third-order valence-electron chi connectivity index (χ3n) is 17.0. The number of fused-ring (bicyclic) bond motifs is 11. The van der Waals surface area contributed by atoms with E-state index in [0.29, 0.717) is 0 Å². The largest absolute Gasteiger partial charge is 0.309 e. The lowest BCUT2D eigenvalue weighted by molar-refractivity contribution is 0.342. The second-order valence-corrected chi connectivity index (χ2v) is 21.1. The molecular formula is C69H50N4. The van der Waals surface area contributed by atoms with E-state index >= 15 is 0 Å². The van der Waals surface area contributed by atoms with Crippen molar-refractivity contribution >= 4 is 66.8 Å². The van der Waals surface area contributed by atoms with E-state index in [1.54, 1.807) is 0 Å². The molecule has 5 unspecified atom stereocenters. The third kappa shape index (κ3) is 6.08. The third-order valence-corrected chi connectivity index (χ3v) is 17.0. The van der Waals surface area contributed by atoms with Gasteiger partial charge >= 0.3 is 0 Å². The molecule has 0 spiro atoms. The van der Waals surface area contributed by atoms with Crippen molar-refractivity contribution in [2.75, 3.05) is 0 Å². The average Bonchev–Trinajstić information content (AvgIpc) is 3.71. The lowest BCUT2D eigenvalue weighted by Crippen LogP contribution is -2.36. The van der Waals surface area contributed by atoms with Crippen LogP contribution >= 0.6 is 0 Å². The Labute approximate surface area is 424 Å². The van der Waals surface area contributed by atoms with E-state index in [1.165, 1.54) is 115 Å². The van der Waals surface area contributed by atoms with Gasteiger partial charge in [-0.1, -0.05) is 207 Å². The molecule has 4 aliphatic carbocycles. The Morgan fingerprint density at radius 2 is 1.38 bits per heavy atom. The standard InChI is InChI=1S/C69H50N4/c1-69-37-14-13-22-50(69)40-63-61(42-69)55-35-33-48(64-56-26-11-10-25-54(56)57-36-32-45-19-7-8-24-53(45)65(57)64)39-62(55)71(63)51-34-31-46-21-15-28-59(60(46)41-51)68-72-66(49-30-29-43-16-5-6-20-47(43)38-49)70-67(73(68)72)58-27-12-9-23-52(58)44-17-3-2-4-18-44/h2-9,11-24,26-36,38-42,64,67-68H,10,25,37H2,1H3. The summed E-state index contributed by atoms with van der Waals surface area (Å²) in [4.78, 5) is 5.62. The van der Waals surface area contributed by atoms with Gasteiger partial charge in [0.15, 0.2) is 6.17 Å². The molecule has 73 heavy (non-hydrogen) atoms. The van der Waals surface area contributed by atoms with Crippen molar-refractivity contribution in [1.29, 1.82) is 0 Å². The molecule has 0 radical (unpaired) electrons. The Hall–Kier alpha value is -8.57. The highest BCUT2D eigenvalue weighted by atomic mass is 15.9. The molecule has 1 aromatic heterocycles. The number of amidine groups is 1. The summed E-state index contributed by atoms with van der Waals surface area (Å²) in [6.07, 6.45) is 19.7. The Morgan fingerprint density at radius 3 is 2.32 bits per heavy atom. The van der Waals surface area contributed by atoms with Gasteiger partial charge in [-0.15, -0.1) is 0 Å². The van der Waals surface area contributed by atoms with Crippen molar-refractivity contribution in [2.24, 2.45) is 10.4 Å². The summed E-state index contributed by atoms with van der Waals surface area (Å²) in [6.45, 7) is 2.41. The van der Waals surface area contributed by atoms with Crippen molar-refractivity contribution in [1.82, 2.24) is 14.6 Å². The summed E-state index contributed by atoms with van der Waals surface area (Å²) in [6, 6.07) is 70.3. The van der Waals surface area contributed by atoms with Crippen molar-refractivity contribution in [3.8, 4) is 16.8 Å². The van der Waals surface area contributed by atoms with Crippen LogP contribution in [0.15, 0.2) is 235 Å². The van der Waals surface area contributed by atoms with Gasteiger partial charge in [0.05, 0.1) is 10.9 Å². The molecule has 3 heterocycles. The van der Waals surface area contributed by atoms with Gasteiger partial charge in [-0.25, -0.2) is 4.99 Å². The monoisotopic (exact) mass is 934 g/mol. The van der Waals surface area contributed by atoms with E-state index in [1.807, 2.05) is 0 Å². The fraction of sp³-hybridized carbons (Fsp3) is 0.116. The molecule has 5 atom stereocenters. The maximum Gasteiger partial charge on any atom is 0.150 e. The first-order valence-corrected chi connectivity index (χ1v) is 26.1. The minimum absolute atomic E-state index is 0.0169. The zero-order valence-electron chi connectivity index (χ0n) is 40.6. The Kier molecular flexibility index (Phi) is 8.70. The van der Waals surface area contributed by atoms with Crippen LogP contribution in [0, 0.1) is 5.41 Å². The van der Waals surface area contributed by atoms with Crippen LogP contribution in [-0.2, 0) is 0 Å². The number of hydrazine groups is 1. The first-order valence-electron chi connectivity index (χ1n) is 26.1. The van der Waals surface area contributed by atoms with Gasteiger partial charge in [0.25, 0.3) is 0 Å². The normalized spacial score (nSPS) is 22.1. The maximum absolute atomic E-state index is 5.62. The summed E-state index contributed by atoms with van der Waals surface area (Å²) >= 11 is 0. The fourth-order valence-electron chi connectivity index (χ4n) is 13.5. The molecule has 0 N–H and O–H groups in total. The van der Waals surface area contributed by atoms with E-state index in [4.69, 9.17) is 4.99 Å². The molecule has 6 aliphatic rings. The number of aliphatic imine (C=N–C) groups is 1. The first kappa shape index (κ1) is 41.1. The number of aromatic nitrogens is 1. The van der Waals surface area contributed by atoms with E-state index in [2.05, 4.69) is 252 Å². The predicted octanol–water partition coefficient (Wildman–Crippen LogP) is 15.2. The van der Waals surface area contributed by atoms with Crippen LogP contribution in [0.25, 0.3) is 77.8 Å². The van der Waals surface area contributed by atoms with Gasteiger partial charge in [-0.3, -0.25) is 5.01 Å². The highest BCUT2D eigenvalue weighted by Crippen LogP contribution is 2.57. The molecule has 0 amide bonds. The second-order valence-electron chi connectivity index (χ2n) is 21.1. The maximum atomic E-state index is 5.62. The quantitative estimate of drug-likeness (QED) is 0.155. The second kappa shape index (κ2) is 15.5. The summed E-state index contributed by atoms with van der Waals surface area (Å²) in [5.41, 5.74) is 16.9. The van der Waals surface area contributed by atoms with Crippen LogP contribution in [0.4, 0.5) is 0 Å². The Balaban J connectivity index is 0.890. The molecule has 10 aromatic rings. The summed E-state index contributed by atoms with van der Waals surface area (Å²) in [7, 11) is 0. The Morgan fingerprint density at radius 1 is 0.603 bits per heavy atom. The van der Waals surface area contributed by atoms with Crippen LogP contribution in [0.1, 0.15) is 77.8 Å². The van der Waals surface area contributed by atoms with Crippen LogP contribution in [0.3, 0.4) is 0 Å². The van der Waals surface area contributed by atoms with Gasteiger partial charge in [0.2, 0.25) is 0 Å². The summed E-state index contributed by atoms with van der Waals surface area (Å²) < 4.78 is 2.58. The number of hydrogen-bond acceptors (Lipinski definition) is 3. The molecule has 0 bridgehead atoms. The first-order chi connectivity index (χ1) is 36.1. The molecular weight excluding hydrogens is 885 g/mol. The van der Waals surface area contributed by atoms with E-state index in [0.717, 1.165) is 30.7 Å². The number of benzene rings is 9. The van der Waals surface area contributed by atoms with Crippen LogP contribution < -0.4 is 10.6 Å². The van der Waals surface area contributed by atoms with Crippen molar-refractivity contribution < 1.29 is 0 Å². The predicted molar refractivity (Wildman–Crippen MR) is 302 cm³/mol. The molecule has 16 rings (SSSR count). The van der Waals surface area contributed by atoms with Gasteiger partial charge in [0.1, 0.15) is 12.0 Å². The number of rotatable bonds is 6. The smallest absolute Gasteiger partial charge is 0.150 e. The number of hydrogen-bond donors (Lipinski definition) is 0. The van der Waals surface area contributed by atoms with Crippen molar-refractivity contribution in [2.45, 2.75) is 44.4 Å². The van der Waals surface area contributed by atoms with Gasteiger partial charge in [-0.05, 0) is 126 Å². The summed E-state index contributed by atoms with van der Waals surface area (Å²) in [5, 5.41) is 16.4. The van der Waals surface area contributed by atoms with Crippen molar-refractivity contribution in [3.05, 3.63) is 274 Å². The minimum Gasteiger partial charge on any atom is -0.309 e. The zero-order chi connectivity index (χ0) is 47.9. The summed E-state index contributed by atoms with van der Waals surface area (Å²) in [5.74, 6) is 1.15. The minimum atomic E-state index is -0.204. The lowest BCUT2D eigenvalue weighted by atomic mass is 9.74. The molecule has 346 valence electrons. The van der Waals surface area contributed by atoms with Gasteiger partial charge in [0, 0.05) is 44.3 Å². The van der Waals surface area contributed by atoms with Crippen LogP contribution in [0.5, 0.6) is 0 Å². The van der Waals surface area contributed by atoms with Crippen molar-refractivity contribution in [3.63, 3.8) is 0 Å². The molecule has 4 nitrogen and oxygen atoms in total. The van der Waals surface area contributed by atoms with Crippen LogP contribution in [0.2, 0.25) is 0 Å². The zero-order valence-corrected chi connectivity index (χ0v) is 40.6. The highest BCUT2D eigenvalue weighted by molar-refractivity contribution is 6.05. The van der Waals surface area contributed by atoms with Gasteiger partial charge < -0.3 is 4.57 Å². The fourth-order valence-corrected chi connectivity index (χ4v) is 13.5. The van der Waals surface area contributed by atoms with Crippen LogP contribution in [-0.4, -0.2) is 20.4 Å². The molecule has 4 heteroatoms. The average molecular weight is 935 g/mol. The Bertz CT molecular complexity index is 4350. The lowest BCUT2D eigenvalue weighted by Gasteiger charge is -2.30. The number of nitrogens with zero attached hydrogens (tertiary/aromatic N) is 4. The molecule has 9 aromatic carbocycles. The molecule has 0 saturated carbocycles. The molecule has 1 saturated heterocycles. The molecule has 1 fully saturated rings. The van der Waals surface area contributed by atoms with E-state index < -0.39 is 0 Å². The SMILES string of the molecule is CC12C=c3c(n(-c4ccc5cccc(C6N7C(c8ccc9ccccc9c8)=NC(c8ccccc8-c8ccccc8)N67)c5c4)c4cc(C5C6=C(CCC=C6)c6ccc7ccccc7c65)ccc34)=CC1=CC=CC2.